The molecule has 1 unspecified atom stereocenters. The van der Waals surface area contributed by atoms with Crippen LogP contribution in [0.15, 0.2) is 29.8 Å². The zero-order valence-corrected chi connectivity index (χ0v) is 10.6. The average molecular weight is 232 g/mol. The number of aromatic hydroxyl groups is 1. The van der Waals surface area contributed by atoms with E-state index in [1.54, 1.807) is 6.07 Å². The Bertz CT molecular complexity index is 417. The molecule has 0 bridgehead atoms. The molecule has 1 aromatic carbocycles. The van der Waals surface area contributed by atoms with Gasteiger partial charge in [-0.15, -0.1) is 0 Å². The molecule has 0 amide bonds. The van der Waals surface area contributed by atoms with Crippen molar-refractivity contribution in [2.24, 2.45) is 0 Å². The molecule has 0 aliphatic carbocycles. The van der Waals surface area contributed by atoms with E-state index in [1.807, 2.05) is 12.1 Å². The third-order valence-corrected chi connectivity index (χ3v) is 3.11. The fourth-order valence-electron chi connectivity index (χ4n) is 2.19. The maximum Gasteiger partial charge on any atom is 0.123 e. The molecule has 2 nitrogen and oxygen atoms in total. The molecule has 1 aliphatic rings. The van der Waals surface area contributed by atoms with Crippen LogP contribution in [-0.2, 0) is 6.42 Å². The van der Waals surface area contributed by atoms with Gasteiger partial charge in [-0.05, 0) is 63.3 Å². The first-order valence-corrected chi connectivity index (χ1v) is 6.27. The highest BCUT2D eigenvalue weighted by molar-refractivity contribution is 5.40. The second-order valence-electron chi connectivity index (χ2n) is 4.93. The first-order chi connectivity index (χ1) is 8.15. The van der Waals surface area contributed by atoms with Crippen LogP contribution in [0.2, 0.25) is 0 Å². The molecule has 17 heavy (non-hydrogen) atoms. The van der Waals surface area contributed by atoms with Gasteiger partial charge in [-0.3, -0.25) is 0 Å². The van der Waals surface area contributed by atoms with Crippen molar-refractivity contribution in [3.8, 4) is 11.5 Å². The molecule has 1 N–H and O–H groups in total. The molecule has 0 fully saturated rings. The summed E-state index contributed by atoms with van der Waals surface area (Å²) in [5, 5.41) is 9.39. The van der Waals surface area contributed by atoms with Crippen molar-refractivity contribution in [1.29, 1.82) is 0 Å². The summed E-state index contributed by atoms with van der Waals surface area (Å²) in [6.07, 6.45) is 6.79. The molecule has 0 aromatic heterocycles. The van der Waals surface area contributed by atoms with Gasteiger partial charge in [0, 0.05) is 0 Å². The fraction of sp³-hybridized carbons (Fsp3) is 0.467. The van der Waals surface area contributed by atoms with Crippen molar-refractivity contribution in [3.63, 3.8) is 0 Å². The number of fused-ring (bicyclic) bond motifs is 1. The topological polar surface area (TPSA) is 29.5 Å². The first kappa shape index (κ1) is 12.0. The second kappa shape index (κ2) is 5.26. The summed E-state index contributed by atoms with van der Waals surface area (Å²) in [6.45, 7) is 4.25. The minimum Gasteiger partial charge on any atom is -0.508 e. The number of ether oxygens (including phenoxy) is 1. The van der Waals surface area contributed by atoms with E-state index in [0.717, 1.165) is 37.0 Å². The summed E-state index contributed by atoms with van der Waals surface area (Å²) < 4.78 is 5.93. The highest BCUT2D eigenvalue weighted by Gasteiger charge is 2.19. The highest BCUT2D eigenvalue weighted by atomic mass is 16.5. The molecule has 0 radical (unpaired) electrons. The summed E-state index contributed by atoms with van der Waals surface area (Å²) in [7, 11) is 0. The highest BCUT2D eigenvalue weighted by Crippen LogP contribution is 2.31. The Hall–Kier alpha value is -1.44. The van der Waals surface area contributed by atoms with Crippen molar-refractivity contribution in [1.82, 2.24) is 0 Å². The van der Waals surface area contributed by atoms with Crippen LogP contribution in [-0.4, -0.2) is 11.2 Å². The summed E-state index contributed by atoms with van der Waals surface area (Å²) in [6, 6.07) is 5.37. The number of rotatable bonds is 3. The zero-order valence-electron chi connectivity index (χ0n) is 10.6. The van der Waals surface area contributed by atoms with Gasteiger partial charge in [-0.1, -0.05) is 11.6 Å². The van der Waals surface area contributed by atoms with Gasteiger partial charge in [0.25, 0.3) is 0 Å². The predicted molar refractivity (Wildman–Crippen MR) is 69.5 cm³/mol. The van der Waals surface area contributed by atoms with E-state index in [-0.39, 0.29) is 0 Å². The Morgan fingerprint density at radius 3 is 3.06 bits per heavy atom. The Morgan fingerprint density at radius 1 is 1.47 bits per heavy atom. The second-order valence-corrected chi connectivity index (χ2v) is 4.93. The molecular formula is C15H20O2. The van der Waals surface area contributed by atoms with E-state index in [9.17, 15) is 5.11 Å². The van der Waals surface area contributed by atoms with Crippen molar-refractivity contribution in [2.75, 3.05) is 0 Å². The van der Waals surface area contributed by atoms with E-state index in [2.05, 4.69) is 19.9 Å². The van der Waals surface area contributed by atoms with Crippen molar-refractivity contribution in [3.05, 3.63) is 35.4 Å². The zero-order chi connectivity index (χ0) is 12.3. The standard InChI is InChI=1S/C15H20O2/c1-11(2)4-3-5-14-8-6-12-10-13(16)7-9-15(12)17-14/h4,7,9-10,14,16H,3,5-6,8H2,1-2H3. The van der Waals surface area contributed by atoms with Crippen molar-refractivity contribution in [2.45, 2.75) is 45.6 Å². The van der Waals surface area contributed by atoms with E-state index >= 15 is 0 Å². The van der Waals surface area contributed by atoms with Crippen LogP contribution in [0.3, 0.4) is 0 Å². The molecule has 1 atom stereocenters. The summed E-state index contributed by atoms with van der Waals surface area (Å²) in [5.41, 5.74) is 2.49. The minimum absolute atomic E-state index is 0.322. The third-order valence-electron chi connectivity index (χ3n) is 3.11. The van der Waals surface area contributed by atoms with Crippen LogP contribution in [0, 0.1) is 0 Å². The van der Waals surface area contributed by atoms with Crippen LogP contribution >= 0.6 is 0 Å². The Kier molecular flexibility index (Phi) is 3.72. The smallest absolute Gasteiger partial charge is 0.123 e. The monoisotopic (exact) mass is 232 g/mol. The number of hydrogen-bond acceptors (Lipinski definition) is 2. The van der Waals surface area contributed by atoms with E-state index in [0.29, 0.717) is 11.9 Å². The van der Waals surface area contributed by atoms with Gasteiger partial charge < -0.3 is 9.84 Å². The summed E-state index contributed by atoms with van der Waals surface area (Å²) in [5.74, 6) is 1.27. The van der Waals surface area contributed by atoms with E-state index < -0.39 is 0 Å². The van der Waals surface area contributed by atoms with E-state index in [1.165, 1.54) is 5.57 Å². The van der Waals surface area contributed by atoms with Gasteiger partial charge in [0.2, 0.25) is 0 Å². The minimum atomic E-state index is 0.322. The normalized spacial score (nSPS) is 18.1. The fourth-order valence-corrected chi connectivity index (χ4v) is 2.19. The third kappa shape index (κ3) is 3.26. The van der Waals surface area contributed by atoms with Crippen molar-refractivity contribution >= 4 is 0 Å². The number of hydrogen-bond donors (Lipinski definition) is 1. The number of allylic oxidation sites excluding steroid dienone is 2. The van der Waals surface area contributed by atoms with Gasteiger partial charge in [0.15, 0.2) is 0 Å². The van der Waals surface area contributed by atoms with Crippen LogP contribution < -0.4 is 4.74 Å². The molecule has 1 aliphatic heterocycles. The molecule has 2 rings (SSSR count). The molecule has 0 spiro atoms. The van der Waals surface area contributed by atoms with Gasteiger partial charge in [-0.25, -0.2) is 0 Å². The van der Waals surface area contributed by atoms with Crippen LogP contribution in [0.1, 0.15) is 38.7 Å². The summed E-state index contributed by atoms with van der Waals surface area (Å²) >= 11 is 0. The van der Waals surface area contributed by atoms with Crippen LogP contribution in [0.4, 0.5) is 0 Å². The summed E-state index contributed by atoms with van der Waals surface area (Å²) in [4.78, 5) is 0. The van der Waals surface area contributed by atoms with Gasteiger partial charge >= 0.3 is 0 Å². The van der Waals surface area contributed by atoms with E-state index in [4.69, 9.17) is 4.74 Å². The number of phenols is 1. The molecule has 0 saturated carbocycles. The number of phenolic OH excluding ortho intramolecular Hbond substituents is 1. The lowest BCUT2D eigenvalue weighted by atomic mass is 9.99. The quantitative estimate of drug-likeness (QED) is 0.802. The predicted octanol–water partition coefficient (Wildman–Crippen LogP) is 3.83. The van der Waals surface area contributed by atoms with Gasteiger partial charge in [0.05, 0.1) is 6.10 Å². The van der Waals surface area contributed by atoms with Crippen LogP contribution in [0.5, 0.6) is 11.5 Å². The molecular weight excluding hydrogens is 212 g/mol. The molecule has 1 aromatic rings. The lowest BCUT2D eigenvalue weighted by molar-refractivity contribution is 0.165. The largest absolute Gasteiger partial charge is 0.508 e. The molecule has 92 valence electrons. The van der Waals surface area contributed by atoms with Gasteiger partial charge in [0.1, 0.15) is 11.5 Å². The maximum atomic E-state index is 9.39. The lowest BCUT2D eigenvalue weighted by Gasteiger charge is -2.26. The number of aryl methyl sites for hydroxylation is 1. The maximum absolute atomic E-state index is 9.39. The SMILES string of the molecule is CC(C)=CCCC1CCc2cc(O)ccc2O1. The van der Waals surface area contributed by atoms with Gasteiger partial charge in [-0.2, -0.15) is 0 Å². The number of benzene rings is 1. The molecule has 1 heterocycles. The Morgan fingerprint density at radius 2 is 2.29 bits per heavy atom. The van der Waals surface area contributed by atoms with Crippen LogP contribution in [0.25, 0.3) is 0 Å². The molecule has 0 saturated heterocycles. The molecule has 2 heteroatoms. The lowest BCUT2D eigenvalue weighted by Crippen LogP contribution is -2.22. The Balaban J connectivity index is 1.94. The Labute approximate surface area is 103 Å². The van der Waals surface area contributed by atoms with Crippen molar-refractivity contribution < 1.29 is 9.84 Å². The first-order valence-electron chi connectivity index (χ1n) is 6.27. The average Bonchev–Trinajstić information content (AvgIpc) is 2.29.